The van der Waals surface area contributed by atoms with Crippen LogP contribution in [0.5, 0.6) is 0 Å². The summed E-state index contributed by atoms with van der Waals surface area (Å²) in [7, 11) is 0. The molecule has 0 aliphatic heterocycles. The van der Waals surface area contributed by atoms with Gasteiger partial charge in [-0.2, -0.15) is 0 Å². The highest BCUT2D eigenvalue weighted by Gasteiger charge is 2.39. The maximum atomic E-state index is 11.8. The lowest BCUT2D eigenvalue weighted by atomic mass is 9.89. The maximum absolute atomic E-state index is 11.8. The van der Waals surface area contributed by atoms with Gasteiger partial charge in [-0.25, -0.2) is 0 Å². The largest absolute Gasteiger partial charge is 0.393 e. The van der Waals surface area contributed by atoms with Crippen LogP contribution in [0.1, 0.15) is 57.8 Å². The molecule has 1 aliphatic carbocycles. The Hall–Kier alpha value is -1.95. The molecule has 1 saturated carbocycles. The molecule has 2 rings (SSSR count). The van der Waals surface area contributed by atoms with Crippen molar-refractivity contribution >= 4 is 5.91 Å². The fourth-order valence-electron chi connectivity index (χ4n) is 3.90. The summed E-state index contributed by atoms with van der Waals surface area (Å²) in [6.07, 6.45) is 8.34. The first kappa shape index (κ1) is 17.7. The average Bonchev–Trinajstić information content (AvgIpc) is 3.04. The molecule has 1 aliphatic rings. The summed E-state index contributed by atoms with van der Waals surface area (Å²) in [6.45, 7) is -5.70. The minimum Gasteiger partial charge on any atom is -0.393 e. The van der Waals surface area contributed by atoms with Crippen molar-refractivity contribution in [2.24, 2.45) is 11.8 Å². The van der Waals surface area contributed by atoms with Gasteiger partial charge in [0, 0.05) is 32.1 Å². The number of aliphatic hydroxyl groups excluding tert-OH is 3. The lowest BCUT2D eigenvalue weighted by Crippen LogP contribution is -2.21. The van der Waals surface area contributed by atoms with Crippen molar-refractivity contribution in [3.05, 3.63) is 60.2 Å². The maximum Gasteiger partial charge on any atom is 0.219 e. The van der Waals surface area contributed by atoms with E-state index in [1.54, 1.807) is 12.2 Å². The second kappa shape index (κ2) is 13.4. The topological polar surface area (TPSA) is 89.8 Å². The SMILES string of the molecule is [2H]C([2H])([2H])C([2H])([2H])NC(=O)CCC/C=C/C[C@@H]1[C@@H](/C=C/[C@@H](O)CCc2ccccc2)[C@H](O)C[C@@H]1O. The van der Waals surface area contributed by atoms with Gasteiger partial charge in [0.2, 0.25) is 5.91 Å². The van der Waals surface area contributed by atoms with Crippen molar-refractivity contribution in [3.63, 3.8) is 0 Å². The Bertz CT molecular complexity index is 844. The predicted molar refractivity (Wildman–Crippen MR) is 120 cm³/mol. The van der Waals surface area contributed by atoms with Gasteiger partial charge in [-0.3, -0.25) is 4.79 Å². The van der Waals surface area contributed by atoms with Crippen LogP contribution in [-0.4, -0.2) is 46.0 Å². The molecule has 1 aromatic rings. The second-order valence-electron chi connectivity index (χ2n) is 7.86. The number of aliphatic hydroxyl groups is 3. The van der Waals surface area contributed by atoms with Gasteiger partial charge in [0.1, 0.15) is 0 Å². The van der Waals surface area contributed by atoms with Crippen LogP contribution in [0.3, 0.4) is 0 Å². The van der Waals surface area contributed by atoms with Crippen molar-refractivity contribution in [2.75, 3.05) is 6.50 Å². The highest BCUT2D eigenvalue weighted by atomic mass is 16.3. The van der Waals surface area contributed by atoms with Crippen molar-refractivity contribution in [1.29, 1.82) is 0 Å². The molecule has 0 heterocycles. The highest BCUT2D eigenvalue weighted by molar-refractivity contribution is 5.75. The zero-order chi connectivity index (χ0) is 26.1. The van der Waals surface area contributed by atoms with Crippen LogP contribution in [-0.2, 0) is 11.2 Å². The molecule has 0 saturated heterocycles. The summed E-state index contributed by atoms with van der Waals surface area (Å²) in [5, 5.41) is 33.0. The third-order valence-corrected chi connectivity index (χ3v) is 5.59. The van der Waals surface area contributed by atoms with Gasteiger partial charge in [-0.05, 0) is 50.4 Å². The molecule has 0 aromatic heterocycles. The first-order valence-electron chi connectivity index (χ1n) is 13.1. The van der Waals surface area contributed by atoms with Gasteiger partial charge in [0.15, 0.2) is 0 Å². The molecule has 0 spiro atoms. The first-order chi connectivity index (χ1) is 16.4. The Morgan fingerprint density at radius 2 is 2.10 bits per heavy atom. The van der Waals surface area contributed by atoms with Crippen LogP contribution in [0.4, 0.5) is 0 Å². The third kappa shape index (κ3) is 8.42. The van der Waals surface area contributed by atoms with Gasteiger partial charge in [-0.1, -0.05) is 54.6 Å². The molecule has 0 bridgehead atoms. The first-order valence-corrected chi connectivity index (χ1v) is 10.6. The molecule has 4 N–H and O–H groups in total. The van der Waals surface area contributed by atoms with E-state index in [1.165, 1.54) is 0 Å². The number of carbonyl (C=O) groups excluding carboxylic acids is 1. The summed E-state index contributed by atoms with van der Waals surface area (Å²) < 4.78 is 36.2. The lowest BCUT2D eigenvalue weighted by molar-refractivity contribution is -0.121. The molecular weight excluding hydrogens is 378 g/mol. The van der Waals surface area contributed by atoms with Crippen LogP contribution >= 0.6 is 0 Å². The Balaban J connectivity index is 1.76. The normalized spacial score (nSPS) is 28.6. The van der Waals surface area contributed by atoms with Gasteiger partial charge in [0.25, 0.3) is 0 Å². The molecule has 1 aromatic carbocycles. The Morgan fingerprint density at radius 1 is 1.30 bits per heavy atom. The second-order valence-corrected chi connectivity index (χ2v) is 7.86. The number of unbranched alkanes of at least 4 members (excludes halogenated alkanes) is 1. The van der Waals surface area contributed by atoms with Crippen LogP contribution < -0.4 is 5.32 Å². The van der Waals surface area contributed by atoms with E-state index in [4.69, 9.17) is 6.85 Å². The predicted octanol–water partition coefficient (Wildman–Crippen LogP) is 3.15. The summed E-state index contributed by atoms with van der Waals surface area (Å²) in [4.78, 5) is 11.8. The number of carbonyl (C=O) groups is 1. The zero-order valence-electron chi connectivity index (χ0n) is 22.3. The smallest absolute Gasteiger partial charge is 0.219 e. The molecule has 5 heteroatoms. The molecule has 0 unspecified atom stereocenters. The number of nitrogens with one attached hydrogen (secondary N) is 1. The Morgan fingerprint density at radius 3 is 2.87 bits per heavy atom. The van der Waals surface area contributed by atoms with Gasteiger partial charge in [-0.15, -0.1) is 0 Å². The van der Waals surface area contributed by atoms with Crippen LogP contribution in [0.25, 0.3) is 0 Å². The van der Waals surface area contributed by atoms with Gasteiger partial charge >= 0.3 is 0 Å². The number of rotatable bonds is 12. The molecule has 30 heavy (non-hydrogen) atoms. The van der Waals surface area contributed by atoms with Crippen molar-refractivity contribution < 1.29 is 27.0 Å². The summed E-state index contributed by atoms with van der Waals surface area (Å²) in [5.41, 5.74) is 1.15. The van der Waals surface area contributed by atoms with E-state index < -0.39 is 37.6 Å². The fourth-order valence-corrected chi connectivity index (χ4v) is 3.90. The molecular formula is C25H37NO4. The number of benzene rings is 1. The summed E-state index contributed by atoms with van der Waals surface area (Å²) in [6, 6.07) is 9.89. The highest BCUT2D eigenvalue weighted by Crippen LogP contribution is 2.36. The average molecular weight is 421 g/mol. The van der Waals surface area contributed by atoms with E-state index in [9.17, 15) is 20.1 Å². The number of aryl methyl sites for hydroxylation is 1. The van der Waals surface area contributed by atoms with E-state index in [0.29, 0.717) is 25.7 Å². The standard InChI is InChI=1S/C25H37NO4/c1-2-26-25(30)13-9-4-3-8-12-21-22(24(29)18-23(21)28)17-16-20(27)15-14-19-10-6-5-7-11-19/h3,5-8,10-11,16-17,20-24,27-29H,2,4,9,12-15,18H2,1H3,(H,26,30)/b8-3+,17-16+/t20-,21+,22+,23-,24+/m0/s1/i1D3,2D2. The molecule has 5 nitrogen and oxygen atoms in total. The summed E-state index contributed by atoms with van der Waals surface area (Å²) >= 11 is 0. The van der Waals surface area contributed by atoms with E-state index in [-0.39, 0.29) is 24.7 Å². The number of hydrogen-bond donors (Lipinski definition) is 4. The summed E-state index contributed by atoms with van der Waals surface area (Å²) in [5.74, 6) is -1.12. The molecule has 5 atom stereocenters. The lowest BCUT2D eigenvalue weighted by Gasteiger charge is -2.19. The molecule has 0 radical (unpaired) electrons. The van der Waals surface area contributed by atoms with Crippen molar-refractivity contribution in [1.82, 2.24) is 5.32 Å². The van der Waals surface area contributed by atoms with Crippen LogP contribution in [0.2, 0.25) is 0 Å². The Labute approximate surface area is 187 Å². The van der Waals surface area contributed by atoms with E-state index in [0.717, 1.165) is 12.0 Å². The zero-order valence-corrected chi connectivity index (χ0v) is 17.3. The molecule has 1 amide bonds. The number of hydrogen-bond acceptors (Lipinski definition) is 4. The monoisotopic (exact) mass is 420 g/mol. The van der Waals surface area contributed by atoms with E-state index in [1.807, 2.05) is 47.8 Å². The van der Waals surface area contributed by atoms with Crippen molar-refractivity contribution in [2.45, 2.75) is 70.1 Å². The number of amides is 1. The quantitative estimate of drug-likeness (QED) is 0.309. The van der Waals surface area contributed by atoms with Gasteiger partial charge in [0.05, 0.1) is 18.3 Å². The minimum atomic E-state index is -2.93. The molecule has 1 fully saturated rings. The number of allylic oxidation sites excluding steroid dienone is 2. The molecule has 166 valence electrons. The van der Waals surface area contributed by atoms with Crippen LogP contribution in [0.15, 0.2) is 54.6 Å². The fraction of sp³-hybridized carbons (Fsp3) is 0.560. The van der Waals surface area contributed by atoms with Crippen molar-refractivity contribution in [3.8, 4) is 0 Å². The minimum absolute atomic E-state index is 0.00305. The van der Waals surface area contributed by atoms with Gasteiger partial charge < -0.3 is 20.6 Å². The van der Waals surface area contributed by atoms with E-state index >= 15 is 0 Å². The van der Waals surface area contributed by atoms with Crippen LogP contribution in [0, 0.1) is 11.8 Å². The Kier molecular flexibility index (Phi) is 7.89. The van der Waals surface area contributed by atoms with E-state index in [2.05, 4.69) is 0 Å². The third-order valence-electron chi connectivity index (χ3n) is 5.59.